The number of hydrogen-bond donors (Lipinski definition) is 1. The quantitative estimate of drug-likeness (QED) is 0.848. The van der Waals surface area contributed by atoms with Gasteiger partial charge in [0, 0.05) is 36.4 Å². The molecule has 0 spiro atoms. The second kappa shape index (κ2) is 7.77. The number of para-hydroxylation sites is 2. The van der Waals surface area contributed by atoms with Crippen LogP contribution in [0.15, 0.2) is 29.6 Å². The lowest BCUT2D eigenvalue weighted by Gasteiger charge is -2.33. The van der Waals surface area contributed by atoms with E-state index in [0.717, 1.165) is 42.4 Å². The average molecular weight is 388 g/mol. The van der Waals surface area contributed by atoms with Gasteiger partial charge in [-0.2, -0.15) is 0 Å². The molecule has 0 bridgehead atoms. The van der Waals surface area contributed by atoms with Crippen LogP contribution in [0.3, 0.4) is 0 Å². The molecule has 2 aliphatic heterocycles. The highest BCUT2D eigenvalue weighted by molar-refractivity contribution is 7.11. The van der Waals surface area contributed by atoms with Gasteiger partial charge in [-0.3, -0.25) is 19.4 Å². The molecule has 0 saturated carbocycles. The first-order valence-corrected chi connectivity index (χ1v) is 9.65. The lowest BCUT2D eigenvalue weighted by atomic mass is 10.2. The van der Waals surface area contributed by atoms with Gasteiger partial charge in [0.05, 0.1) is 29.2 Å². The van der Waals surface area contributed by atoms with E-state index < -0.39 is 0 Å². The zero-order valence-corrected chi connectivity index (χ0v) is 16.3. The van der Waals surface area contributed by atoms with Crippen LogP contribution < -0.4 is 10.2 Å². The molecule has 0 aliphatic carbocycles. The minimum Gasteiger partial charge on any atom is -0.412 e. The molecule has 3 heterocycles. The summed E-state index contributed by atoms with van der Waals surface area (Å²) in [6.45, 7) is 6.00. The number of nitrogens with one attached hydrogen (secondary N) is 1. The molecule has 0 unspecified atom stereocenters. The molecular formula is C19H24N4O3S. The number of fused-ring (bicyclic) bond motifs is 2. The van der Waals surface area contributed by atoms with E-state index in [2.05, 4.69) is 22.2 Å². The topological polar surface area (TPSA) is 87.4 Å². The Morgan fingerprint density at radius 3 is 2.63 bits per heavy atom. The standard InChI is InChI=1S/C19H22N4O2S.H2O/c1-13-18-14(12-26-13)19(25)20-15-5-3-4-6-16(15)23(18)17(24)11-22-9-7-21(2)8-10-22;/h3-6,12H,7-11H2,1-2H3,(H,20,25);1H2. The second-order valence-corrected chi connectivity index (χ2v) is 7.92. The third kappa shape index (κ3) is 3.61. The van der Waals surface area contributed by atoms with Crippen molar-refractivity contribution in [2.75, 3.05) is 50.0 Å². The fraction of sp³-hybridized carbons (Fsp3) is 0.368. The molecule has 2 aliphatic rings. The van der Waals surface area contributed by atoms with E-state index in [9.17, 15) is 9.59 Å². The number of carbonyl (C=O) groups is 2. The Bertz CT molecular complexity index is 858. The van der Waals surface area contributed by atoms with Crippen molar-refractivity contribution >= 4 is 40.2 Å². The molecule has 1 aromatic heterocycles. The van der Waals surface area contributed by atoms with Crippen LogP contribution in [0.4, 0.5) is 17.1 Å². The Hall–Kier alpha value is -2.26. The highest BCUT2D eigenvalue weighted by Gasteiger charge is 2.32. The monoisotopic (exact) mass is 388 g/mol. The van der Waals surface area contributed by atoms with Crippen molar-refractivity contribution in [2.24, 2.45) is 0 Å². The molecule has 2 amide bonds. The molecule has 3 N–H and O–H groups in total. The van der Waals surface area contributed by atoms with Crippen molar-refractivity contribution in [2.45, 2.75) is 6.92 Å². The highest BCUT2D eigenvalue weighted by atomic mass is 32.1. The Morgan fingerprint density at radius 1 is 1.19 bits per heavy atom. The van der Waals surface area contributed by atoms with Gasteiger partial charge < -0.3 is 15.7 Å². The van der Waals surface area contributed by atoms with Crippen molar-refractivity contribution < 1.29 is 15.1 Å². The van der Waals surface area contributed by atoms with Gasteiger partial charge in [0.1, 0.15) is 0 Å². The van der Waals surface area contributed by atoms with E-state index in [-0.39, 0.29) is 17.3 Å². The first-order valence-electron chi connectivity index (χ1n) is 8.77. The van der Waals surface area contributed by atoms with Gasteiger partial charge in [-0.1, -0.05) is 12.1 Å². The van der Waals surface area contributed by atoms with E-state index in [0.29, 0.717) is 17.8 Å². The summed E-state index contributed by atoms with van der Waals surface area (Å²) >= 11 is 1.50. The highest BCUT2D eigenvalue weighted by Crippen LogP contribution is 2.42. The lowest BCUT2D eigenvalue weighted by molar-refractivity contribution is -0.119. The number of hydrogen-bond acceptors (Lipinski definition) is 5. The first-order chi connectivity index (χ1) is 12.5. The summed E-state index contributed by atoms with van der Waals surface area (Å²) in [6, 6.07) is 7.50. The van der Waals surface area contributed by atoms with E-state index >= 15 is 0 Å². The number of aryl methyl sites for hydroxylation is 1. The van der Waals surface area contributed by atoms with Gasteiger partial charge in [-0.05, 0) is 26.1 Å². The van der Waals surface area contributed by atoms with Crippen LogP contribution in [0.2, 0.25) is 0 Å². The molecule has 1 fully saturated rings. The van der Waals surface area contributed by atoms with Crippen molar-refractivity contribution in [3.8, 4) is 0 Å². The first kappa shape index (κ1) is 19.5. The third-order valence-electron chi connectivity index (χ3n) is 5.01. The van der Waals surface area contributed by atoms with Crippen LogP contribution in [-0.2, 0) is 4.79 Å². The van der Waals surface area contributed by atoms with Gasteiger partial charge in [0.25, 0.3) is 5.91 Å². The number of piperazine rings is 1. The fourth-order valence-corrected chi connectivity index (χ4v) is 4.33. The maximum atomic E-state index is 13.3. The van der Waals surface area contributed by atoms with E-state index in [1.165, 1.54) is 11.3 Å². The second-order valence-electron chi connectivity index (χ2n) is 6.83. The summed E-state index contributed by atoms with van der Waals surface area (Å²) in [5.74, 6) is -0.159. The van der Waals surface area contributed by atoms with Crippen molar-refractivity contribution in [3.63, 3.8) is 0 Å². The van der Waals surface area contributed by atoms with E-state index in [1.54, 1.807) is 4.90 Å². The van der Waals surface area contributed by atoms with Crippen LogP contribution in [0, 0.1) is 6.92 Å². The van der Waals surface area contributed by atoms with Gasteiger partial charge in [0.15, 0.2) is 0 Å². The summed E-state index contributed by atoms with van der Waals surface area (Å²) in [5, 5.41) is 4.78. The molecule has 1 aromatic carbocycles. The smallest absolute Gasteiger partial charge is 0.258 e. The molecule has 144 valence electrons. The number of anilines is 3. The molecule has 4 rings (SSSR count). The number of nitrogens with zero attached hydrogens (tertiary/aromatic N) is 3. The molecule has 2 aromatic rings. The Morgan fingerprint density at radius 2 is 1.89 bits per heavy atom. The van der Waals surface area contributed by atoms with Crippen molar-refractivity contribution in [3.05, 3.63) is 40.1 Å². The summed E-state index contributed by atoms with van der Waals surface area (Å²) < 4.78 is 0. The number of likely N-dealkylation sites (N-methyl/N-ethyl adjacent to an activating group) is 1. The number of amides is 2. The number of rotatable bonds is 2. The maximum Gasteiger partial charge on any atom is 0.258 e. The zero-order chi connectivity index (χ0) is 18.3. The van der Waals surface area contributed by atoms with Gasteiger partial charge >= 0.3 is 0 Å². The number of carbonyl (C=O) groups excluding carboxylic acids is 2. The lowest BCUT2D eigenvalue weighted by Crippen LogP contribution is -2.48. The third-order valence-corrected chi connectivity index (χ3v) is 5.91. The molecule has 7 nitrogen and oxygen atoms in total. The van der Waals surface area contributed by atoms with Gasteiger partial charge in [-0.15, -0.1) is 11.3 Å². The molecular weight excluding hydrogens is 364 g/mol. The maximum absolute atomic E-state index is 13.3. The fourth-order valence-electron chi connectivity index (χ4n) is 3.50. The predicted octanol–water partition coefficient (Wildman–Crippen LogP) is 1.71. The molecule has 1 saturated heterocycles. The Labute approximate surface area is 162 Å². The Balaban J connectivity index is 0.00000210. The van der Waals surface area contributed by atoms with Crippen LogP contribution in [0.25, 0.3) is 0 Å². The average Bonchev–Trinajstić information content (AvgIpc) is 2.94. The minimum absolute atomic E-state index is 0. The van der Waals surface area contributed by atoms with Gasteiger partial charge in [-0.25, -0.2) is 0 Å². The number of benzene rings is 1. The van der Waals surface area contributed by atoms with Crippen molar-refractivity contribution in [1.82, 2.24) is 9.80 Å². The van der Waals surface area contributed by atoms with Crippen LogP contribution in [0.5, 0.6) is 0 Å². The largest absolute Gasteiger partial charge is 0.412 e. The normalized spacial score (nSPS) is 17.4. The SMILES string of the molecule is Cc1scc2c1N(C(=O)CN1CCN(C)CC1)c1ccccc1NC2=O.O. The van der Waals surface area contributed by atoms with Crippen LogP contribution in [0.1, 0.15) is 15.2 Å². The summed E-state index contributed by atoms with van der Waals surface area (Å²) in [6.07, 6.45) is 0. The molecule has 0 atom stereocenters. The summed E-state index contributed by atoms with van der Waals surface area (Å²) in [5.41, 5.74) is 2.69. The zero-order valence-electron chi connectivity index (χ0n) is 15.5. The molecule has 0 radical (unpaired) electrons. The van der Waals surface area contributed by atoms with Crippen molar-refractivity contribution in [1.29, 1.82) is 0 Å². The van der Waals surface area contributed by atoms with E-state index in [4.69, 9.17) is 0 Å². The Kier molecular flexibility index (Phi) is 5.61. The van der Waals surface area contributed by atoms with Gasteiger partial charge in [0.2, 0.25) is 5.91 Å². The van der Waals surface area contributed by atoms with E-state index in [1.807, 2.05) is 36.6 Å². The molecule has 27 heavy (non-hydrogen) atoms. The summed E-state index contributed by atoms with van der Waals surface area (Å²) in [7, 11) is 2.10. The predicted molar refractivity (Wildman–Crippen MR) is 108 cm³/mol. The van der Waals surface area contributed by atoms with Crippen LogP contribution >= 0.6 is 11.3 Å². The molecule has 8 heteroatoms. The van der Waals surface area contributed by atoms with Crippen LogP contribution in [-0.4, -0.2) is 66.9 Å². The minimum atomic E-state index is -0.160. The number of thiophene rings is 1. The summed E-state index contributed by atoms with van der Waals surface area (Å²) in [4.78, 5) is 33.1.